The van der Waals surface area contributed by atoms with Crippen LogP contribution >= 0.6 is 0 Å². The summed E-state index contributed by atoms with van der Waals surface area (Å²) in [4.78, 5) is 18.4. The van der Waals surface area contributed by atoms with Gasteiger partial charge in [-0.15, -0.1) is 0 Å². The summed E-state index contributed by atoms with van der Waals surface area (Å²) in [6.07, 6.45) is 8.31. The van der Waals surface area contributed by atoms with Crippen LogP contribution in [-0.2, 0) is 13.0 Å². The molecule has 2 fully saturated rings. The van der Waals surface area contributed by atoms with Gasteiger partial charge in [0.15, 0.2) is 0 Å². The fourth-order valence-electron chi connectivity index (χ4n) is 5.56. The molecule has 0 unspecified atom stereocenters. The molecular formula is C27H40N4O. The first-order chi connectivity index (χ1) is 15.5. The zero-order valence-electron chi connectivity index (χ0n) is 20.2. The van der Waals surface area contributed by atoms with E-state index in [1.54, 1.807) is 0 Å². The van der Waals surface area contributed by atoms with Crippen LogP contribution in [0.15, 0.2) is 30.3 Å². The smallest absolute Gasteiger partial charge is 0.272 e. The van der Waals surface area contributed by atoms with Gasteiger partial charge in [0.25, 0.3) is 5.91 Å². The molecule has 1 saturated heterocycles. The van der Waals surface area contributed by atoms with Gasteiger partial charge in [0.1, 0.15) is 5.69 Å². The molecule has 2 aromatic rings. The minimum absolute atomic E-state index is 0.196. The standard InChI is InChI=1S/C27H40N4O/c1-4-31-26(19-22(3)28-31)27(32)30(25-11-7-8-12-25)20-23-13-16-29(17-14-23)18-15-24-10-6-5-9-21(24)2/h5-6,9-10,19,23,25H,4,7-8,11-18,20H2,1-3H3. The van der Waals surface area contributed by atoms with Gasteiger partial charge >= 0.3 is 0 Å². The zero-order valence-corrected chi connectivity index (χ0v) is 20.2. The highest BCUT2D eigenvalue weighted by atomic mass is 16.2. The average molecular weight is 437 g/mol. The van der Waals surface area contributed by atoms with E-state index in [0.29, 0.717) is 12.0 Å². The summed E-state index contributed by atoms with van der Waals surface area (Å²) in [6.45, 7) is 11.3. The molecule has 174 valence electrons. The van der Waals surface area contributed by atoms with Crippen molar-refractivity contribution in [3.05, 3.63) is 52.8 Å². The second-order valence-electron chi connectivity index (χ2n) is 9.84. The van der Waals surface area contributed by atoms with Gasteiger partial charge < -0.3 is 9.80 Å². The quantitative estimate of drug-likeness (QED) is 0.593. The van der Waals surface area contributed by atoms with Crippen molar-refractivity contribution in [3.8, 4) is 0 Å². The molecule has 5 nitrogen and oxygen atoms in total. The van der Waals surface area contributed by atoms with Crippen molar-refractivity contribution in [1.29, 1.82) is 0 Å². The molecular weight excluding hydrogens is 396 g/mol. The number of aromatic nitrogens is 2. The lowest BCUT2D eigenvalue weighted by Gasteiger charge is -2.37. The van der Waals surface area contributed by atoms with Gasteiger partial charge in [-0.3, -0.25) is 9.48 Å². The van der Waals surface area contributed by atoms with Crippen LogP contribution in [0.2, 0.25) is 0 Å². The highest BCUT2D eigenvalue weighted by molar-refractivity contribution is 5.93. The maximum absolute atomic E-state index is 13.6. The van der Waals surface area contributed by atoms with Crippen molar-refractivity contribution >= 4 is 5.91 Å². The Labute approximate surface area is 193 Å². The van der Waals surface area contributed by atoms with E-state index in [9.17, 15) is 4.79 Å². The Morgan fingerprint density at radius 1 is 1.09 bits per heavy atom. The fourth-order valence-corrected chi connectivity index (χ4v) is 5.56. The largest absolute Gasteiger partial charge is 0.334 e. The molecule has 5 heteroatoms. The van der Waals surface area contributed by atoms with E-state index >= 15 is 0 Å². The molecule has 1 saturated carbocycles. The Bertz CT molecular complexity index is 891. The maximum atomic E-state index is 13.6. The molecule has 0 spiro atoms. The number of hydrogen-bond donors (Lipinski definition) is 0. The second-order valence-corrected chi connectivity index (χ2v) is 9.84. The Hall–Kier alpha value is -2.14. The van der Waals surface area contributed by atoms with Crippen molar-refractivity contribution in [2.45, 2.75) is 78.3 Å². The van der Waals surface area contributed by atoms with Gasteiger partial charge in [0.2, 0.25) is 0 Å². The number of piperidine rings is 1. The van der Waals surface area contributed by atoms with Crippen molar-refractivity contribution < 1.29 is 4.79 Å². The average Bonchev–Trinajstić information content (AvgIpc) is 3.47. The van der Waals surface area contributed by atoms with E-state index in [0.717, 1.165) is 63.4 Å². The highest BCUT2D eigenvalue weighted by Gasteiger charge is 2.32. The van der Waals surface area contributed by atoms with E-state index in [1.165, 1.54) is 36.8 Å². The fraction of sp³-hybridized carbons (Fsp3) is 0.630. The molecule has 1 amide bonds. The number of rotatable bonds is 8. The predicted molar refractivity (Wildman–Crippen MR) is 130 cm³/mol. The summed E-state index contributed by atoms with van der Waals surface area (Å²) in [5, 5.41) is 4.53. The molecule has 0 atom stereocenters. The van der Waals surface area contributed by atoms with Crippen molar-refractivity contribution in [1.82, 2.24) is 19.6 Å². The minimum Gasteiger partial charge on any atom is -0.334 e. The van der Waals surface area contributed by atoms with Gasteiger partial charge in [0.05, 0.1) is 5.69 Å². The number of aryl methyl sites for hydroxylation is 3. The first-order valence-corrected chi connectivity index (χ1v) is 12.7. The molecule has 4 rings (SSSR count). The number of benzene rings is 1. The lowest BCUT2D eigenvalue weighted by atomic mass is 9.94. The highest BCUT2D eigenvalue weighted by Crippen LogP contribution is 2.28. The van der Waals surface area contributed by atoms with E-state index in [2.05, 4.69) is 53.0 Å². The first-order valence-electron chi connectivity index (χ1n) is 12.7. The number of amides is 1. The van der Waals surface area contributed by atoms with Crippen LogP contribution in [0.25, 0.3) is 0 Å². The summed E-state index contributed by atoms with van der Waals surface area (Å²) in [5.74, 6) is 0.801. The predicted octanol–water partition coefficient (Wildman–Crippen LogP) is 4.86. The Morgan fingerprint density at radius 2 is 1.81 bits per heavy atom. The van der Waals surface area contributed by atoms with Crippen molar-refractivity contribution in [2.75, 3.05) is 26.2 Å². The zero-order chi connectivity index (χ0) is 22.5. The number of hydrogen-bond acceptors (Lipinski definition) is 3. The lowest BCUT2D eigenvalue weighted by molar-refractivity contribution is 0.0586. The van der Waals surface area contributed by atoms with E-state index in [-0.39, 0.29) is 5.91 Å². The molecule has 1 aromatic heterocycles. The first kappa shape index (κ1) is 23.0. The number of nitrogens with zero attached hydrogens (tertiary/aromatic N) is 4. The molecule has 0 radical (unpaired) electrons. The Kier molecular flexibility index (Phi) is 7.67. The summed E-state index contributed by atoms with van der Waals surface area (Å²) >= 11 is 0. The van der Waals surface area contributed by atoms with E-state index in [4.69, 9.17) is 0 Å². The minimum atomic E-state index is 0.196. The van der Waals surface area contributed by atoms with Crippen molar-refractivity contribution in [2.24, 2.45) is 5.92 Å². The van der Waals surface area contributed by atoms with Crippen LogP contribution in [0.3, 0.4) is 0 Å². The molecule has 2 heterocycles. The van der Waals surface area contributed by atoms with Crippen LogP contribution in [0.5, 0.6) is 0 Å². The third-order valence-electron chi connectivity index (χ3n) is 7.57. The molecule has 1 aromatic carbocycles. The molecule has 2 aliphatic rings. The van der Waals surface area contributed by atoms with Gasteiger partial charge in [-0.1, -0.05) is 37.1 Å². The van der Waals surface area contributed by atoms with Crippen LogP contribution in [0, 0.1) is 19.8 Å². The summed E-state index contributed by atoms with van der Waals surface area (Å²) in [6, 6.07) is 11.1. The number of carbonyl (C=O) groups is 1. The maximum Gasteiger partial charge on any atom is 0.272 e. The topological polar surface area (TPSA) is 41.4 Å². The van der Waals surface area contributed by atoms with E-state index < -0.39 is 0 Å². The van der Waals surface area contributed by atoms with Crippen molar-refractivity contribution in [3.63, 3.8) is 0 Å². The van der Waals surface area contributed by atoms with Crippen LogP contribution in [-0.4, -0.2) is 57.7 Å². The van der Waals surface area contributed by atoms with Gasteiger partial charge in [0, 0.05) is 25.7 Å². The summed E-state index contributed by atoms with van der Waals surface area (Å²) in [5.41, 5.74) is 4.57. The SMILES string of the molecule is CCn1nc(C)cc1C(=O)N(CC1CCN(CCc2ccccc2C)CC1)C1CCCC1. The number of likely N-dealkylation sites (tertiary alicyclic amines) is 1. The van der Waals surface area contributed by atoms with E-state index in [1.807, 2.05) is 17.7 Å². The summed E-state index contributed by atoms with van der Waals surface area (Å²) < 4.78 is 1.88. The molecule has 32 heavy (non-hydrogen) atoms. The molecule has 0 N–H and O–H groups in total. The van der Waals surface area contributed by atoms with Gasteiger partial charge in [-0.2, -0.15) is 5.10 Å². The van der Waals surface area contributed by atoms with Gasteiger partial charge in [-0.05, 0) is 89.1 Å². The second kappa shape index (κ2) is 10.7. The molecule has 1 aliphatic carbocycles. The Morgan fingerprint density at radius 3 is 2.50 bits per heavy atom. The van der Waals surface area contributed by atoms with Gasteiger partial charge in [-0.25, -0.2) is 0 Å². The molecule has 0 bridgehead atoms. The molecule has 1 aliphatic heterocycles. The lowest BCUT2D eigenvalue weighted by Crippen LogP contribution is -2.45. The van der Waals surface area contributed by atoms with Crippen LogP contribution < -0.4 is 0 Å². The van der Waals surface area contributed by atoms with Crippen LogP contribution in [0.1, 0.15) is 72.8 Å². The van der Waals surface area contributed by atoms with Crippen LogP contribution in [0.4, 0.5) is 0 Å². The third-order valence-corrected chi connectivity index (χ3v) is 7.57. The Balaban J connectivity index is 1.35. The normalized spacial score (nSPS) is 18.3. The third kappa shape index (κ3) is 5.43. The monoisotopic (exact) mass is 436 g/mol. The number of carbonyl (C=O) groups excluding carboxylic acids is 1. The summed E-state index contributed by atoms with van der Waals surface area (Å²) in [7, 11) is 0.